The summed E-state index contributed by atoms with van der Waals surface area (Å²) >= 11 is 1.32. The number of benzene rings is 2. The Morgan fingerprint density at radius 3 is 2.61 bits per heavy atom. The van der Waals surface area contributed by atoms with Crippen molar-refractivity contribution in [3.05, 3.63) is 94.2 Å². The first-order valence-corrected chi connectivity index (χ1v) is 10.8. The molecule has 2 N–H and O–H groups in total. The normalized spacial score (nSPS) is 10.8. The van der Waals surface area contributed by atoms with Crippen molar-refractivity contribution in [2.45, 2.75) is 6.92 Å². The molecule has 0 unspecified atom stereocenters. The Hall–Kier alpha value is -4.37. The Morgan fingerprint density at radius 2 is 1.88 bits per heavy atom. The minimum atomic E-state index is -0.331. The van der Waals surface area contributed by atoms with Crippen LogP contribution in [0, 0.1) is 0 Å². The van der Waals surface area contributed by atoms with Crippen LogP contribution in [0.15, 0.2) is 83.0 Å². The zero-order chi connectivity index (χ0) is 23.2. The van der Waals surface area contributed by atoms with Gasteiger partial charge in [0, 0.05) is 35.7 Å². The van der Waals surface area contributed by atoms with Crippen LogP contribution in [0.3, 0.4) is 0 Å². The van der Waals surface area contributed by atoms with E-state index in [2.05, 4.69) is 20.5 Å². The molecule has 0 atom stereocenters. The highest BCUT2D eigenvalue weighted by atomic mass is 32.1. The summed E-state index contributed by atoms with van der Waals surface area (Å²) in [6.45, 7) is 1.48. The van der Waals surface area contributed by atoms with Crippen LogP contribution in [-0.4, -0.2) is 27.0 Å². The minimum Gasteiger partial charge on any atom is -0.322 e. The summed E-state index contributed by atoms with van der Waals surface area (Å²) < 4.78 is 0. The van der Waals surface area contributed by atoms with Gasteiger partial charge in [0.1, 0.15) is 0 Å². The minimum absolute atomic E-state index is 0.152. The number of para-hydroxylation sites is 1. The molecule has 4 rings (SSSR count). The topological polar surface area (TPSA) is 108 Å². The molecule has 9 heteroatoms. The summed E-state index contributed by atoms with van der Waals surface area (Å²) in [7, 11) is 0. The van der Waals surface area contributed by atoms with Gasteiger partial charge in [0.05, 0.1) is 17.1 Å². The Morgan fingerprint density at radius 1 is 1.06 bits per heavy atom. The number of hydrogen-bond acceptors (Lipinski definition) is 6. The molecular formula is C24H19N5O3S. The van der Waals surface area contributed by atoms with E-state index in [1.165, 1.54) is 35.3 Å². The van der Waals surface area contributed by atoms with Gasteiger partial charge in [0.25, 0.3) is 5.56 Å². The average molecular weight is 458 g/mol. The summed E-state index contributed by atoms with van der Waals surface area (Å²) in [5.74, 6) is -0.483. The SMILES string of the molecule is CC(=O)N(c1ccccc1)c1nc(/C=C/C(=O)Nc2cccc(-c3ccc(=O)[nH]n3)c2)cs1. The lowest BCUT2D eigenvalue weighted by molar-refractivity contribution is -0.116. The second-order valence-corrected chi connectivity index (χ2v) is 7.79. The molecule has 0 radical (unpaired) electrons. The van der Waals surface area contributed by atoms with Crippen LogP contribution in [0.25, 0.3) is 17.3 Å². The van der Waals surface area contributed by atoms with Crippen LogP contribution in [0.4, 0.5) is 16.5 Å². The summed E-state index contributed by atoms with van der Waals surface area (Å²) in [5.41, 5.74) is 2.93. The number of aromatic amines is 1. The fraction of sp³-hybridized carbons (Fsp3) is 0.0417. The summed E-state index contributed by atoms with van der Waals surface area (Å²) in [6, 6.07) is 19.4. The number of carbonyl (C=O) groups is 2. The molecule has 0 aliphatic heterocycles. The lowest BCUT2D eigenvalue weighted by Crippen LogP contribution is -2.22. The Balaban J connectivity index is 1.45. The van der Waals surface area contributed by atoms with Gasteiger partial charge < -0.3 is 5.32 Å². The molecule has 0 aliphatic carbocycles. The molecule has 0 bridgehead atoms. The van der Waals surface area contributed by atoms with Crippen LogP contribution < -0.4 is 15.8 Å². The number of thiazole rings is 1. The number of anilines is 3. The van der Waals surface area contributed by atoms with E-state index < -0.39 is 0 Å². The van der Waals surface area contributed by atoms with Gasteiger partial charge in [0.15, 0.2) is 5.13 Å². The van der Waals surface area contributed by atoms with E-state index in [-0.39, 0.29) is 17.4 Å². The monoisotopic (exact) mass is 457 g/mol. The summed E-state index contributed by atoms with van der Waals surface area (Å²) in [5, 5.41) is 11.5. The van der Waals surface area contributed by atoms with E-state index in [9.17, 15) is 14.4 Å². The van der Waals surface area contributed by atoms with Crippen molar-refractivity contribution >= 4 is 45.7 Å². The number of H-pyrrole nitrogens is 1. The Labute approximate surface area is 193 Å². The van der Waals surface area contributed by atoms with Crippen LogP contribution in [0.1, 0.15) is 12.6 Å². The van der Waals surface area contributed by atoms with Crippen molar-refractivity contribution in [2.24, 2.45) is 0 Å². The van der Waals surface area contributed by atoms with Gasteiger partial charge in [-0.3, -0.25) is 19.3 Å². The zero-order valence-electron chi connectivity index (χ0n) is 17.6. The van der Waals surface area contributed by atoms with E-state index in [0.717, 1.165) is 11.3 Å². The van der Waals surface area contributed by atoms with Gasteiger partial charge in [-0.25, -0.2) is 10.1 Å². The number of amides is 2. The Bertz CT molecular complexity index is 1360. The molecule has 0 saturated carbocycles. The second kappa shape index (κ2) is 9.84. The fourth-order valence-electron chi connectivity index (χ4n) is 3.07. The third kappa shape index (κ3) is 5.46. The molecule has 2 aromatic carbocycles. The molecule has 0 fully saturated rings. The van der Waals surface area contributed by atoms with Gasteiger partial charge in [0.2, 0.25) is 11.8 Å². The molecule has 33 heavy (non-hydrogen) atoms. The molecule has 0 aliphatic rings. The van der Waals surface area contributed by atoms with Crippen molar-refractivity contribution in [1.29, 1.82) is 0 Å². The molecule has 0 saturated heterocycles. The van der Waals surface area contributed by atoms with E-state index in [1.54, 1.807) is 35.7 Å². The van der Waals surface area contributed by atoms with Gasteiger partial charge in [-0.1, -0.05) is 30.3 Å². The van der Waals surface area contributed by atoms with Crippen LogP contribution in [0.2, 0.25) is 0 Å². The quantitative estimate of drug-likeness (QED) is 0.421. The van der Waals surface area contributed by atoms with Crippen molar-refractivity contribution in [3.8, 4) is 11.3 Å². The number of hydrogen-bond donors (Lipinski definition) is 2. The molecule has 4 aromatic rings. The third-order valence-electron chi connectivity index (χ3n) is 4.54. The van der Waals surface area contributed by atoms with E-state index >= 15 is 0 Å². The third-order valence-corrected chi connectivity index (χ3v) is 5.38. The highest BCUT2D eigenvalue weighted by Crippen LogP contribution is 2.29. The fourth-order valence-corrected chi connectivity index (χ4v) is 3.92. The highest BCUT2D eigenvalue weighted by Gasteiger charge is 2.17. The lowest BCUT2D eigenvalue weighted by Gasteiger charge is -2.17. The van der Waals surface area contributed by atoms with Gasteiger partial charge in [-0.15, -0.1) is 11.3 Å². The maximum Gasteiger partial charge on any atom is 0.264 e. The summed E-state index contributed by atoms with van der Waals surface area (Å²) in [4.78, 5) is 41.7. The predicted octanol–water partition coefficient (Wildman–Crippen LogP) is 4.23. The van der Waals surface area contributed by atoms with Crippen molar-refractivity contribution in [1.82, 2.24) is 15.2 Å². The average Bonchev–Trinajstić information content (AvgIpc) is 3.27. The highest BCUT2D eigenvalue weighted by molar-refractivity contribution is 7.14. The van der Waals surface area contributed by atoms with E-state index in [1.807, 2.05) is 36.4 Å². The first-order valence-electron chi connectivity index (χ1n) is 9.96. The molecule has 164 valence electrons. The van der Waals surface area contributed by atoms with Crippen LogP contribution >= 0.6 is 11.3 Å². The van der Waals surface area contributed by atoms with E-state index in [4.69, 9.17) is 0 Å². The first kappa shape index (κ1) is 21.8. The van der Waals surface area contributed by atoms with Crippen molar-refractivity contribution in [3.63, 3.8) is 0 Å². The molecule has 8 nitrogen and oxygen atoms in total. The molecule has 2 aromatic heterocycles. The number of nitrogens with one attached hydrogen (secondary N) is 2. The van der Waals surface area contributed by atoms with Gasteiger partial charge >= 0.3 is 0 Å². The number of carbonyl (C=O) groups excluding carboxylic acids is 2. The molecule has 2 amide bonds. The molecule has 2 heterocycles. The standard InChI is InChI=1S/C24H19N5O3S/c1-16(30)29(20-8-3-2-4-9-20)24-26-19(15-33-24)10-12-22(31)25-18-7-5-6-17(14-18)21-11-13-23(32)28-27-21/h2-15H,1H3,(H,25,31)(H,28,32)/b12-10+. The zero-order valence-corrected chi connectivity index (χ0v) is 18.4. The maximum atomic E-state index is 12.4. The largest absolute Gasteiger partial charge is 0.322 e. The van der Waals surface area contributed by atoms with Gasteiger partial charge in [-0.2, -0.15) is 5.10 Å². The molecular weight excluding hydrogens is 438 g/mol. The number of aromatic nitrogens is 3. The second-order valence-electron chi connectivity index (χ2n) is 6.95. The summed E-state index contributed by atoms with van der Waals surface area (Å²) in [6.07, 6.45) is 2.97. The number of nitrogens with zero attached hydrogens (tertiary/aromatic N) is 3. The van der Waals surface area contributed by atoms with E-state index in [0.29, 0.717) is 22.2 Å². The van der Waals surface area contributed by atoms with Crippen molar-refractivity contribution in [2.75, 3.05) is 10.2 Å². The molecule has 0 spiro atoms. The van der Waals surface area contributed by atoms with Crippen LogP contribution in [0.5, 0.6) is 0 Å². The van der Waals surface area contributed by atoms with Gasteiger partial charge in [-0.05, 0) is 36.4 Å². The predicted molar refractivity (Wildman–Crippen MR) is 129 cm³/mol. The lowest BCUT2D eigenvalue weighted by atomic mass is 10.1. The smallest absolute Gasteiger partial charge is 0.264 e. The maximum absolute atomic E-state index is 12.4. The number of rotatable bonds is 6. The first-order chi connectivity index (χ1) is 16.0. The van der Waals surface area contributed by atoms with Crippen molar-refractivity contribution < 1.29 is 9.59 Å². The Kier molecular flexibility index (Phi) is 6.51. The van der Waals surface area contributed by atoms with Crippen LogP contribution in [-0.2, 0) is 9.59 Å².